The Morgan fingerprint density at radius 1 is 1.17 bits per heavy atom. The Labute approximate surface area is 144 Å². The molecule has 0 radical (unpaired) electrons. The van der Waals surface area contributed by atoms with Crippen LogP contribution in [-0.4, -0.2) is 22.7 Å². The van der Waals surface area contributed by atoms with Crippen molar-refractivity contribution >= 4 is 18.1 Å². The van der Waals surface area contributed by atoms with Gasteiger partial charge in [0.2, 0.25) is 0 Å². The van der Waals surface area contributed by atoms with Gasteiger partial charge in [0, 0.05) is 16.5 Å². The first-order valence-electron chi connectivity index (χ1n) is 9.18. The van der Waals surface area contributed by atoms with Crippen LogP contribution in [0, 0.1) is 6.92 Å². The molecule has 4 nitrogen and oxygen atoms in total. The van der Waals surface area contributed by atoms with E-state index < -0.39 is 5.97 Å². The second-order valence-electron chi connectivity index (χ2n) is 6.50. The Bertz CT molecular complexity index is 679. The summed E-state index contributed by atoms with van der Waals surface area (Å²) in [5.41, 5.74) is 2.05. The van der Waals surface area contributed by atoms with Crippen LogP contribution in [0.25, 0.3) is 12.2 Å². The smallest absolute Gasteiger partial charge is 0.341 e. The standard InChI is InChI=1S/C20H29NO3/c1-3-4-5-6-7-8-12-17-15(2)20(24-14-19(22)23)16-11-9-10-13-18(16)21-17/h11,13H,3-10,12,14H2,1-2H3,(H,22,23). The summed E-state index contributed by atoms with van der Waals surface area (Å²) in [5, 5.41) is 10.8. The number of nitrogens with zero attached hydrogens (tertiary/aromatic N) is 1. The van der Waals surface area contributed by atoms with E-state index in [1.165, 1.54) is 32.1 Å². The maximum Gasteiger partial charge on any atom is 0.341 e. The molecule has 0 saturated carbocycles. The number of aromatic nitrogens is 1. The molecule has 1 aliphatic carbocycles. The van der Waals surface area contributed by atoms with E-state index in [9.17, 15) is 4.79 Å². The fraction of sp³-hybridized carbons (Fsp3) is 0.600. The fourth-order valence-electron chi connectivity index (χ4n) is 3.18. The van der Waals surface area contributed by atoms with Crippen molar-refractivity contribution in [1.82, 2.24) is 4.98 Å². The number of unbranched alkanes of at least 4 members (excludes halogenated alkanes) is 5. The number of carboxylic acid groups (broad SMARTS) is 1. The van der Waals surface area contributed by atoms with Gasteiger partial charge in [-0.15, -0.1) is 0 Å². The number of fused-ring (bicyclic) bond motifs is 1. The topological polar surface area (TPSA) is 59.4 Å². The molecule has 0 aromatic carbocycles. The van der Waals surface area contributed by atoms with Crippen molar-refractivity contribution in [2.24, 2.45) is 0 Å². The summed E-state index contributed by atoms with van der Waals surface area (Å²) in [6, 6.07) is 0. The molecule has 2 rings (SSSR count). The van der Waals surface area contributed by atoms with Crippen molar-refractivity contribution in [2.45, 2.75) is 71.6 Å². The molecule has 1 N–H and O–H groups in total. The van der Waals surface area contributed by atoms with Gasteiger partial charge in [0.25, 0.3) is 0 Å². The van der Waals surface area contributed by atoms with E-state index in [2.05, 4.69) is 19.1 Å². The van der Waals surface area contributed by atoms with E-state index >= 15 is 0 Å². The van der Waals surface area contributed by atoms with Crippen LogP contribution < -0.4 is 15.3 Å². The third-order valence-corrected chi connectivity index (χ3v) is 4.51. The molecular formula is C20H29NO3. The maximum absolute atomic E-state index is 10.9. The minimum absolute atomic E-state index is 0.304. The number of aryl methyl sites for hydroxylation is 1. The lowest BCUT2D eigenvalue weighted by molar-refractivity contribution is -0.139. The largest absolute Gasteiger partial charge is 0.481 e. The molecule has 0 bridgehead atoms. The van der Waals surface area contributed by atoms with Crippen LogP contribution in [-0.2, 0) is 11.2 Å². The summed E-state index contributed by atoms with van der Waals surface area (Å²) in [7, 11) is 0. The molecule has 1 aromatic rings. The molecular weight excluding hydrogens is 302 g/mol. The van der Waals surface area contributed by atoms with Crippen molar-refractivity contribution in [2.75, 3.05) is 6.61 Å². The van der Waals surface area contributed by atoms with Crippen LogP contribution in [0.4, 0.5) is 0 Å². The number of rotatable bonds is 10. The first-order chi connectivity index (χ1) is 11.6. The maximum atomic E-state index is 10.9. The van der Waals surface area contributed by atoms with Crippen LogP contribution in [0.5, 0.6) is 5.75 Å². The molecule has 4 heteroatoms. The van der Waals surface area contributed by atoms with Crippen molar-refractivity contribution in [3.8, 4) is 5.75 Å². The summed E-state index contributed by atoms with van der Waals surface area (Å²) in [6.07, 6.45) is 14.6. The predicted octanol–water partition coefficient (Wildman–Crippen LogP) is 3.11. The van der Waals surface area contributed by atoms with Gasteiger partial charge in [-0.1, -0.05) is 51.2 Å². The van der Waals surface area contributed by atoms with Crippen molar-refractivity contribution in [3.63, 3.8) is 0 Å². The van der Waals surface area contributed by atoms with E-state index in [1.54, 1.807) is 0 Å². The van der Waals surface area contributed by atoms with Gasteiger partial charge in [-0.3, -0.25) is 4.98 Å². The molecule has 24 heavy (non-hydrogen) atoms. The summed E-state index contributed by atoms with van der Waals surface area (Å²) in [5.74, 6) is -0.239. The third kappa shape index (κ3) is 5.08. The Morgan fingerprint density at radius 2 is 1.88 bits per heavy atom. The highest BCUT2D eigenvalue weighted by Gasteiger charge is 2.13. The van der Waals surface area contributed by atoms with E-state index in [0.717, 1.165) is 47.5 Å². The second-order valence-corrected chi connectivity index (χ2v) is 6.50. The van der Waals surface area contributed by atoms with Gasteiger partial charge in [-0.25, -0.2) is 4.79 Å². The number of carboxylic acids is 1. The summed E-state index contributed by atoms with van der Waals surface area (Å²) >= 11 is 0. The van der Waals surface area contributed by atoms with Gasteiger partial charge in [0.1, 0.15) is 5.75 Å². The fourth-order valence-corrected chi connectivity index (χ4v) is 3.18. The van der Waals surface area contributed by atoms with Gasteiger partial charge < -0.3 is 9.84 Å². The molecule has 1 heterocycles. The first-order valence-corrected chi connectivity index (χ1v) is 9.18. The van der Waals surface area contributed by atoms with Crippen molar-refractivity contribution < 1.29 is 14.6 Å². The molecule has 0 unspecified atom stereocenters. The lowest BCUT2D eigenvalue weighted by Gasteiger charge is -2.14. The SMILES string of the molecule is CCCCCCCCc1nc2c(c(OCC(=O)O)c1C)=CCCC=2. The Hall–Kier alpha value is -1.84. The zero-order valence-corrected chi connectivity index (χ0v) is 14.9. The van der Waals surface area contributed by atoms with Gasteiger partial charge in [-0.05, 0) is 32.6 Å². The molecule has 132 valence electrons. The normalized spacial score (nSPS) is 12.9. The zero-order chi connectivity index (χ0) is 17.4. The molecule has 1 aromatic heterocycles. The number of carbonyl (C=O) groups is 1. The Kier molecular flexibility index (Phi) is 7.29. The van der Waals surface area contributed by atoms with Crippen LogP contribution in [0.15, 0.2) is 0 Å². The van der Waals surface area contributed by atoms with E-state index in [4.69, 9.17) is 14.8 Å². The average molecular weight is 331 g/mol. The molecule has 0 saturated heterocycles. The number of ether oxygens (including phenoxy) is 1. The summed E-state index contributed by atoms with van der Waals surface area (Å²) in [6.45, 7) is 3.92. The van der Waals surface area contributed by atoms with Crippen LogP contribution >= 0.6 is 0 Å². The highest BCUT2D eigenvalue weighted by Crippen LogP contribution is 2.18. The van der Waals surface area contributed by atoms with Crippen LogP contribution in [0.3, 0.4) is 0 Å². The Balaban J connectivity index is 2.14. The predicted molar refractivity (Wildman–Crippen MR) is 96.6 cm³/mol. The van der Waals surface area contributed by atoms with E-state index in [0.29, 0.717) is 5.75 Å². The van der Waals surface area contributed by atoms with Crippen molar-refractivity contribution in [3.05, 3.63) is 21.8 Å². The Morgan fingerprint density at radius 3 is 2.62 bits per heavy atom. The number of aliphatic carboxylic acids is 1. The average Bonchev–Trinajstić information content (AvgIpc) is 2.57. The molecule has 0 fully saturated rings. The zero-order valence-electron chi connectivity index (χ0n) is 14.9. The second kappa shape index (κ2) is 9.45. The van der Waals surface area contributed by atoms with Gasteiger partial charge in [-0.2, -0.15) is 0 Å². The van der Waals surface area contributed by atoms with Crippen LogP contribution in [0.2, 0.25) is 0 Å². The summed E-state index contributed by atoms with van der Waals surface area (Å²) < 4.78 is 5.61. The minimum atomic E-state index is -0.947. The third-order valence-electron chi connectivity index (χ3n) is 4.51. The highest BCUT2D eigenvalue weighted by atomic mass is 16.5. The molecule has 1 aliphatic rings. The van der Waals surface area contributed by atoms with E-state index in [-0.39, 0.29) is 6.61 Å². The van der Waals surface area contributed by atoms with E-state index in [1.807, 2.05) is 6.92 Å². The molecule has 0 atom stereocenters. The number of hydrogen-bond donors (Lipinski definition) is 1. The van der Waals surface area contributed by atoms with Gasteiger partial charge in [0.05, 0.1) is 5.35 Å². The first kappa shape index (κ1) is 18.5. The minimum Gasteiger partial charge on any atom is -0.481 e. The molecule has 0 amide bonds. The quantitative estimate of drug-likeness (QED) is 0.669. The highest BCUT2D eigenvalue weighted by molar-refractivity contribution is 5.68. The van der Waals surface area contributed by atoms with Gasteiger partial charge in [0.15, 0.2) is 6.61 Å². The summed E-state index contributed by atoms with van der Waals surface area (Å²) in [4.78, 5) is 15.7. The monoisotopic (exact) mass is 331 g/mol. The molecule has 0 spiro atoms. The molecule has 0 aliphatic heterocycles. The number of hydrogen-bond acceptors (Lipinski definition) is 3. The lowest BCUT2D eigenvalue weighted by atomic mass is 10.0. The number of pyridine rings is 1. The lowest BCUT2D eigenvalue weighted by Crippen LogP contribution is -2.34. The van der Waals surface area contributed by atoms with Gasteiger partial charge >= 0.3 is 5.97 Å². The van der Waals surface area contributed by atoms with Crippen LogP contribution in [0.1, 0.15) is 69.5 Å². The van der Waals surface area contributed by atoms with Crippen molar-refractivity contribution in [1.29, 1.82) is 0 Å².